The molecule has 50 heavy (non-hydrogen) atoms. The molecule has 11 heteroatoms. The minimum absolute atomic E-state index is 0.0125. The van der Waals surface area contributed by atoms with Crippen molar-refractivity contribution in [3.63, 3.8) is 0 Å². The van der Waals surface area contributed by atoms with E-state index in [-0.39, 0.29) is 23.3 Å². The van der Waals surface area contributed by atoms with E-state index >= 15 is 0 Å². The lowest BCUT2D eigenvalue weighted by molar-refractivity contribution is 0.0364. The van der Waals surface area contributed by atoms with Crippen molar-refractivity contribution in [3.05, 3.63) is 86.8 Å². The molecule has 2 aromatic carbocycles. The molecule has 4 aromatic rings. The number of carboxylic acid groups (broad SMARTS) is 1. The summed E-state index contributed by atoms with van der Waals surface area (Å²) in [5.74, 6) is 1.51. The Morgan fingerprint density at radius 1 is 1.00 bits per heavy atom. The maximum Gasteiger partial charge on any atom is 0.412 e. The number of aromatic hydroxyl groups is 1. The van der Waals surface area contributed by atoms with E-state index < -0.39 is 12.2 Å². The van der Waals surface area contributed by atoms with Gasteiger partial charge < -0.3 is 35.3 Å². The number of unbranched alkanes of at least 4 members (excludes halogenated alkanes) is 6. The van der Waals surface area contributed by atoms with Crippen LogP contribution in [0, 0.1) is 11.8 Å². The van der Waals surface area contributed by atoms with Crippen LogP contribution < -0.4 is 20.5 Å². The fraction of sp³-hybridized carbons (Fsp3) is 0.487. The summed E-state index contributed by atoms with van der Waals surface area (Å²) in [5, 5.41) is 37.3. The minimum Gasteiger partial charge on any atom is -0.506 e. The van der Waals surface area contributed by atoms with Crippen LogP contribution in [0.25, 0.3) is 10.9 Å². The van der Waals surface area contributed by atoms with Crippen molar-refractivity contribution >= 4 is 34.0 Å². The van der Waals surface area contributed by atoms with Crippen LogP contribution in [0.1, 0.15) is 80.4 Å². The second kappa shape index (κ2) is 17.4. The second-order valence-electron chi connectivity index (χ2n) is 13.7. The highest BCUT2D eigenvalue weighted by molar-refractivity contribution is 7.10. The number of benzene rings is 2. The fourth-order valence-corrected chi connectivity index (χ4v) is 8.69. The number of aliphatic hydroxyl groups excluding tert-OH is 1. The van der Waals surface area contributed by atoms with Crippen LogP contribution in [0.4, 0.5) is 10.5 Å². The minimum atomic E-state index is -0.923. The van der Waals surface area contributed by atoms with E-state index in [0.29, 0.717) is 47.0 Å². The van der Waals surface area contributed by atoms with Crippen molar-refractivity contribution in [1.29, 1.82) is 0 Å². The number of piperidine rings is 3. The molecule has 5 heterocycles. The standard InChI is InChI=1S/C39H50N4O6S/c44-33-15-13-30(31-14-16-36(46)41-37(31)33)34(45)25-40-19-6-4-2-1-3-5-7-22-49-29-11-8-10-28(24-29)43(39(47)48)38(35-12-9-23-50-35)32-26-42-20-17-27(32)18-21-42/h8-16,23-24,27,32,34,38,40,44-45H,1-7,17-22,25-26H2,(H,41,46)(H,47,48)/t32?,34-,38+/m0/s1. The summed E-state index contributed by atoms with van der Waals surface area (Å²) in [5.41, 5.74) is 1.38. The number of fused-ring (bicyclic) bond motifs is 4. The molecule has 2 bridgehead atoms. The van der Waals surface area contributed by atoms with E-state index in [0.717, 1.165) is 88.8 Å². The summed E-state index contributed by atoms with van der Waals surface area (Å²) in [7, 11) is 0. The van der Waals surface area contributed by atoms with Gasteiger partial charge in [-0.3, -0.25) is 9.69 Å². The highest BCUT2D eigenvalue weighted by Crippen LogP contribution is 2.45. The smallest absolute Gasteiger partial charge is 0.412 e. The summed E-state index contributed by atoms with van der Waals surface area (Å²) in [4.78, 5) is 32.3. The first-order valence-electron chi connectivity index (χ1n) is 18.1. The number of aromatic amines is 1. The van der Waals surface area contributed by atoms with Crippen molar-refractivity contribution < 1.29 is 24.9 Å². The normalized spacial score (nSPS) is 19.7. The van der Waals surface area contributed by atoms with E-state index in [9.17, 15) is 24.9 Å². The van der Waals surface area contributed by atoms with Crippen molar-refractivity contribution in [2.75, 3.05) is 44.2 Å². The number of nitrogens with zero attached hydrogens (tertiary/aromatic N) is 2. The van der Waals surface area contributed by atoms with Crippen LogP contribution in [0.3, 0.4) is 0 Å². The Morgan fingerprint density at radius 3 is 2.50 bits per heavy atom. The molecule has 3 saturated heterocycles. The molecule has 3 atom stereocenters. The molecule has 0 radical (unpaired) electrons. The van der Waals surface area contributed by atoms with Crippen LogP contribution in [-0.4, -0.2) is 70.6 Å². The molecular weight excluding hydrogens is 653 g/mol. The zero-order valence-electron chi connectivity index (χ0n) is 28.6. The number of thiophene rings is 1. The lowest BCUT2D eigenvalue weighted by Crippen LogP contribution is -2.52. The number of anilines is 1. The number of phenolic OH excluding ortho intramolecular Hbond substituents is 1. The predicted octanol–water partition coefficient (Wildman–Crippen LogP) is 7.30. The number of H-pyrrole nitrogens is 1. The number of amides is 1. The number of rotatable bonds is 18. The molecule has 268 valence electrons. The first kappa shape index (κ1) is 35.9. The molecule has 3 fully saturated rings. The lowest BCUT2D eigenvalue weighted by atomic mass is 9.74. The number of pyridine rings is 1. The van der Waals surface area contributed by atoms with Gasteiger partial charge in [0.15, 0.2) is 0 Å². The van der Waals surface area contributed by atoms with Crippen molar-refractivity contribution in [2.24, 2.45) is 11.8 Å². The molecule has 3 aliphatic heterocycles. The number of phenols is 1. The van der Waals surface area contributed by atoms with Gasteiger partial charge in [-0.15, -0.1) is 11.3 Å². The third kappa shape index (κ3) is 8.87. The molecule has 0 aliphatic carbocycles. The number of nitrogens with one attached hydrogen (secondary N) is 2. The number of aromatic nitrogens is 1. The zero-order valence-corrected chi connectivity index (χ0v) is 29.5. The Kier molecular flexibility index (Phi) is 12.5. The first-order valence-corrected chi connectivity index (χ1v) is 19.0. The van der Waals surface area contributed by atoms with Gasteiger partial charge in [-0.25, -0.2) is 4.79 Å². The fourth-order valence-electron chi connectivity index (χ4n) is 7.80. The Hall–Kier alpha value is -3.90. The van der Waals surface area contributed by atoms with Gasteiger partial charge in [-0.05, 0) is 92.5 Å². The van der Waals surface area contributed by atoms with Gasteiger partial charge in [0.2, 0.25) is 5.56 Å². The molecule has 7 rings (SSSR count). The first-order chi connectivity index (χ1) is 24.4. The van der Waals surface area contributed by atoms with Crippen LogP contribution in [0.2, 0.25) is 0 Å². The number of ether oxygens (including phenoxy) is 1. The highest BCUT2D eigenvalue weighted by Gasteiger charge is 2.43. The highest BCUT2D eigenvalue weighted by atomic mass is 32.1. The van der Waals surface area contributed by atoms with Gasteiger partial charge in [-0.2, -0.15) is 0 Å². The molecule has 5 N–H and O–H groups in total. The van der Waals surface area contributed by atoms with Crippen LogP contribution in [0.5, 0.6) is 11.5 Å². The van der Waals surface area contributed by atoms with Gasteiger partial charge in [-0.1, -0.05) is 50.3 Å². The maximum absolute atomic E-state index is 12.8. The van der Waals surface area contributed by atoms with Crippen molar-refractivity contribution in [1.82, 2.24) is 15.2 Å². The van der Waals surface area contributed by atoms with Crippen molar-refractivity contribution in [3.8, 4) is 11.5 Å². The Bertz CT molecular complexity index is 1740. The summed E-state index contributed by atoms with van der Waals surface area (Å²) in [6.45, 7) is 4.98. The van der Waals surface area contributed by atoms with Gasteiger partial charge in [0.05, 0.1) is 30.0 Å². The van der Waals surface area contributed by atoms with Gasteiger partial charge >= 0.3 is 6.09 Å². The van der Waals surface area contributed by atoms with E-state index in [4.69, 9.17) is 4.74 Å². The quantitative estimate of drug-likeness (QED) is 0.0682. The van der Waals surface area contributed by atoms with Gasteiger partial charge in [0.25, 0.3) is 0 Å². The third-order valence-electron chi connectivity index (χ3n) is 10.4. The largest absolute Gasteiger partial charge is 0.506 e. The van der Waals surface area contributed by atoms with Gasteiger partial charge in [0, 0.05) is 41.4 Å². The van der Waals surface area contributed by atoms with Gasteiger partial charge in [0.1, 0.15) is 11.5 Å². The summed E-state index contributed by atoms with van der Waals surface area (Å²) >= 11 is 1.65. The third-order valence-corrected chi connectivity index (χ3v) is 11.3. The molecule has 10 nitrogen and oxygen atoms in total. The summed E-state index contributed by atoms with van der Waals surface area (Å²) in [6, 6.07) is 17.7. The van der Waals surface area contributed by atoms with E-state index in [2.05, 4.69) is 21.3 Å². The summed E-state index contributed by atoms with van der Waals surface area (Å²) < 4.78 is 6.12. The maximum atomic E-state index is 12.8. The van der Waals surface area contributed by atoms with E-state index in [1.807, 2.05) is 35.7 Å². The average Bonchev–Trinajstić information content (AvgIpc) is 3.66. The van der Waals surface area contributed by atoms with E-state index in [1.165, 1.54) is 12.1 Å². The van der Waals surface area contributed by atoms with Crippen molar-refractivity contribution in [2.45, 2.75) is 69.9 Å². The molecule has 1 amide bonds. The number of hydrogen-bond acceptors (Lipinski definition) is 8. The molecule has 2 aromatic heterocycles. The van der Waals surface area contributed by atoms with Crippen LogP contribution in [0.15, 0.2) is 70.8 Å². The molecule has 0 spiro atoms. The number of aliphatic hydroxyl groups is 1. The number of carbonyl (C=O) groups is 1. The Balaban J connectivity index is 0.885. The molecule has 3 aliphatic rings. The van der Waals surface area contributed by atoms with Crippen LogP contribution >= 0.6 is 11.3 Å². The predicted molar refractivity (Wildman–Crippen MR) is 199 cm³/mol. The second-order valence-corrected chi connectivity index (χ2v) is 14.7. The summed E-state index contributed by atoms with van der Waals surface area (Å²) in [6.07, 6.45) is 8.22. The molecule has 1 unspecified atom stereocenters. The number of hydrogen-bond donors (Lipinski definition) is 5. The average molecular weight is 703 g/mol. The molecule has 0 saturated carbocycles. The van der Waals surface area contributed by atoms with E-state index in [1.54, 1.807) is 28.4 Å². The monoisotopic (exact) mass is 702 g/mol. The SMILES string of the molecule is O=C(O)N(c1cccc(OCCCCCCCCCNC[C@H](O)c2ccc(O)c3[nH]c(=O)ccc23)c1)[C@@H](c1cccs1)C1CN2CCC1CC2. The Morgan fingerprint density at radius 2 is 1.78 bits per heavy atom. The topological polar surface area (TPSA) is 138 Å². The Labute approximate surface area is 297 Å². The molecular formula is C39H50N4O6S. The lowest BCUT2D eigenvalue weighted by Gasteiger charge is -2.49. The zero-order chi connectivity index (χ0) is 34.9. The van der Waals surface area contributed by atoms with Crippen LogP contribution in [-0.2, 0) is 0 Å².